The number of imide groups is 1. The molecule has 0 unspecified atom stereocenters. The molecule has 8 heteroatoms. The number of furan rings is 1. The van der Waals surface area contributed by atoms with Crippen molar-refractivity contribution in [2.24, 2.45) is 0 Å². The topological polar surface area (TPSA) is 132 Å². The monoisotopic (exact) mass is 406 g/mol. The minimum atomic E-state index is -1.25. The van der Waals surface area contributed by atoms with Crippen LogP contribution in [-0.4, -0.2) is 39.4 Å². The molecule has 0 bridgehead atoms. The highest BCUT2D eigenvalue weighted by Gasteiger charge is 2.35. The average molecular weight is 406 g/mol. The molecule has 1 aromatic carbocycles. The summed E-state index contributed by atoms with van der Waals surface area (Å²) in [6.45, 7) is 3.56. The van der Waals surface area contributed by atoms with Gasteiger partial charge in [-0.3, -0.25) is 14.5 Å². The van der Waals surface area contributed by atoms with E-state index in [-0.39, 0.29) is 28.8 Å². The first-order chi connectivity index (χ1) is 14.3. The molecule has 2 heterocycles. The molecule has 0 spiro atoms. The number of nitrogens with zero attached hydrogens (tertiary/aromatic N) is 2. The molecule has 2 N–H and O–H groups in total. The summed E-state index contributed by atoms with van der Waals surface area (Å²) < 4.78 is 5.72. The van der Waals surface area contributed by atoms with Crippen molar-refractivity contribution >= 4 is 23.9 Å². The summed E-state index contributed by atoms with van der Waals surface area (Å²) >= 11 is 0. The van der Waals surface area contributed by atoms with Gasteiger partial charge in [0.25, 0.3) is 11.8 Å². The zero-order valence-electron chi connectivity index (χ0n) is 16.3. The van der Waals surface area contributed by atoms with E-state index in [0.717, 1.165) is 4.90 Å². The van der Waals surface area contributed by atoms with Gasteiger partial charge in [-0.05, 0) is 49.3 Å². The van der Waals surface area contributed by atoms with Crippen LogP contribution in [0.1, 0.15) is 36.4 Å². The van der Waals surface area contributed by atoms with Crippen molar-refractivity contribution in [3.8, 4) is 23.1 Å². The van der Waals surface area contributed by atoms with Crippen LogP contribution in [0.3, 0.4) is 0 Å². The van der Waals surface area contributed by atoms with Crippen molar-refractivity contribution in [3.63, 3.8) is 0 Å². The molecular formula is C22H18N2O6. The third-order valence-electron chi connectivity index (χ3n) is 4.70. The van der Waals surface area contributed by atoms with Gasteiger partial charge in [-0.25, -0.2) is 4.79 Å². The van der Waals surface area contributed by atoms with Gasteiger partial charge in [0, 0.05) is 17.7 Å². The Kier molecular flexibility index (Phi) is 5.56. The second-order valence-corrected chi connectivity index (χ2v) is 6.67. The molecular weight excluding hydrogens is 388 g/mol. The minimum Gasteiger partial charge on any atom is -0.507 e. The highest BCUT2D eigenvalue weighted by molar-refractivity contribution is 6.19. The van der Waals surface area contributed by atoms with E-state index in [1.54, 1.807) is 12.1 Å². The van der Waals surface area contributed by atoms with E-state index in [1.807, 2.05) is 13.0 Å². The maximum Gasteiger partial charge on any atom is 0.339 e. The van der Waals surface area contributed by atoms with Crippen LogP contribution >= 0.6 is 0 Å². The van der Waals surface area contributed by atoms with Crippen molar-refractivity contribution in [2.45, 2.75) is 20.3 Å². The number of hydrogen-bond acceptors (Lipinski definition) is 6. The van der Waals surface area contributed by atoms with Crippen molar-refractivity contribution in [2.75, 3.05) is 6.54 Å². The summed E-state index contributed by atoms with van der Waals surface area (Å²) in [5, 5.41) is 28.2. The standard InChI is InChI=1S/C22H18N2O6/c1-3-8-24-20(26)16(12(2)17(11-23)21(24)27)10-14-5-7-19(30-14)13-4-6-15(22(28)29)18(25)9-13/h4-7,9-10,25H,3,8H2,1-2H3,(H,28,29)/b16-10-. The lowest BCUT2D eigenvalue weighted by Crippen LogP contribution is -2.43. The van der Waals surface area contributed by atoms with Gasteiger partial charge >= 0.3 is 5.97 Å². The Morgan fingerprint density at radius 1 is 1.23 bits per heavy atom. The van der Waals surface area contributed by atoms with Crippen LogP contribution in [0.2, 0.25) is 0 Å². The number of amides is 2. The summed E-state index contributed by atoms with van der Waals surface area (Å²) in [6, 6.07) is 9.09. The number of carboxylic acid groups (broad SMARTS) is 1. The molecule has 0 radical (unpaired) electrons. The first-order valence-electron chi connectivity index (χ1n) is 9.14. The second-order valence-electron chi connectivity index (χ2n) is 6.67. The number of rotatable bonds is 5. The predicted octanol–water partition coefficient (Wildman–Crippen LogP) is 3.35. The van der Waals surface area contributed by atoms with Gasteiger partial charge in [0.05, 0.1) is 0 Å². The average Bonchev–Trinajstić information content (AvgIpc) is 3.17. The number of carbonyl (C=O) groups excluding carboxylic acids is 2. The van der Waals surface area contributed by atoms with Gasteiger partial charge in [0.1, 0.15) is 34.5 Å². The normalized spacial score (nSPS) is 15.6. The number of benzene rings is 1. The lowest BCUT2D eigenvalue weighted by Gasteiger charge is -2.26. The zero-order valence-corrected chi connectivity index (χ0v) is 16.3. The predicted molar refractivity (Wildman–Crippen MR) is 106 cm³/mol. The van der Waals surface area contributed by atoms with Crippen LogP contribution in [0.25, 0.3) is 17.4 Å². The van der Waals surface area contributed by atoms with Crippen LogP contribution < -0.4 is 0 Å². The zero-order chi connectivity index (χ0) is 22.0. The number of nitriles is 1. The van der Waals surface area contributed by atoms with Crippen LogP contribution in [0, 0.1) is 11.3 Å². The van der Waals surface area contributed by atoms with Crippen molar-refractivity contribution in [1.82, 2.24) is 4.90 Å². The first-order valence-corrected chi connectivity index (χ1v) is 9.14. The van der Waals surface area contributed by atoms with Crippen molar-refractivity contribution in [1.29, 1.82) is 5.26 Å². The minimum absolute atomic E-state index is 0.0877. The molecule has 8 nitrogen and oxygen atoms in total. The number of phenols is 1. The lowest BCUT2D eigenvalue weighted by molar-refractivity contribution is -0.140. The third kappa shape index (κ3) is 3.61. The van der Waals surface area contributed by atoms with E-state index >= 15 is 0 Å². The van der Waals surface area contributed by atoms with E-state index in [1.165, 1.54) is 31.2 Å². The Bertz CT molecular complexity index is 1160. The maximum atomic E-state index is 12.8. The smallest absolute Gasteiger partial charge is 0.339 e. The van der Waals surface area contributed by atoms with E-state index in [2.05, 4.69) is 0 Å². The van der Waals surface area contributed by atoms with Gasteiger partial charge in [-0.1, -0.05) is 13.0 Å². The van der Waals surface area contributed by atoms with Crippen LogP contribution in [-0.2, 0) is 9.59 Å². The molecule has 1 aromatic heterocycles. The number of carbonyl (C=O) groups is 3. The van der Waals surface area contributed by atoms with E-state index in [9.17, 15) is 24.8 Å². The third-order valence-corrected chi connectivity index (χ3v) is 4.70. The summed E-state index contributed by atoms with van der Waals surface area (Å²) in [5.74, 6) is -2.10. The van der Waals surface area contributed by atoms with E-state index < -0.39 is 23.5 Å². The molecule has 3 rings (SSSR count). The number of aromatic carboxylic acids is 1. The summed E-state index contributed by atoms with van der Waals surface area (Å²) in [6.07, 6.45) is 2.02. The molecule has 2 aromatic rings. The Morgan fingerprint density at radius 2 is 1.97 bits per heavy atom. The van der Waals surface area contributed by atoms with Crippen molar-refractivity contribution in [3.05, 3.63) is 58.4 Å². The molecule has 152 valence electrons. The van der Waals surface area contributed by atoms with Gasteiger partial charge in [-0.15, -0.1) is 0 Å². The van der Waals surface area contributed by atoms with Gasteiger partial charge in [0.2, 0.25) is 0 Å². The Morgan fingerprint density at radius 3 is 2.57 bits per heavy atom. The van der Waals surface area contributed by atoms with Crippen molar-refractivity contribution < 1.29 is 29.0 Å². The number of aromatic hydroxyl groups is 1. The molecule has 1 aliphatic heterocycles. The molecule has 0 saturated carbocycles. The Labute approximate surface area is 172 Å². The summed E-state index contributed by atoms with van der Waals surface area (Å²) in [7, 11) is 0. The second kappa shape index (κ2) is 8.09. The summed E-state index contributed by atoms with van der Waals surface area (Å²) in [4.78, 5) is 37.2. The van der Waals surface area contributed by atoms with Crippen LogP contribution in [0.15, 0.2) is 51.5 Å². The summed E-state index contributed by atoms with van der Waals surface area (Å²) in [5.41, 5.74) is 0.594. The Hall–Kier alpha value is -4.12. The van der Waals surface area contributed by atoms with Gasteiger partial charge in [-0.2, -0.15) is 5.26 Å². The molecule has 0 atom stereocenters. The highest BCUT2D eigenvalue weighted by atomic mass is 16.4. The number of hydrogen-bond donors (Lipinski definition) is 2. The van der Waals surface area contributed by atoms with E-state index in [0.29, 0.717) is 23.5 Å². The van der Waals surface area contributed by atoms with E-state index in [4.69, 9.17) is 9.52 Å². The van der Waals surface area contributed by atoms with Crippen LogP contribution in [0.5, 0.6) is 5.75 Å². The SMILES string of the molecule is CCCN1C(=O)C(C#N)=C(C)/C(=C/c2ccc(-c3ccc(C(=O)O)c(O)c3)o2)C1=O. The fraction of sp³-hybridized carbons (Fsp3) is 0.182. The first kappa shape index (κ1) is 20.6. The molecule has 0 aliphatic carbocycles. The van der Waals surface area contributed by atoms with Gasteiger partial charge < -0.3 is 14.6 Å². The fourth-order valence-corrected chi connectivity index (χ4v) is 3.15. The quantitative estimate of drug-likeness (QED) is 0.575. The largest absolute Gasteiger partial charge is 0.507 e. The molecule has 0 saturated heterocycles. The maximum absolute atomic E-state index is 12.8. The molecule has 2 amide bonds. The Balaban J connectivity index is 2.01. The fourth-order valence-electron chi connectivity index (χ4n) is 3.15. The molecule has 30 heavy (non-hydrogen) atoms. The van der Waals surface area contributed by atoms with Gasteiger partial charge in [0.15, 0.2) is 0 Å². The molecule has 1 aliphatic rings. The number of carboxylic acids is 1. The molecule has 0 fully saturated rings. The highest BCUT2D eigenvalue weighted by Crippen LogP contribution is 2.31. The lowest BCUT2D eigenvalue weighted by atomic mass is 9.94. The van der Waals surface area contributed by atoms with Crippen LogP contribution in [0.4, 0.5) is 0 Å².